The summed E-state index contributed by atoms with van der Waals surface area (Å²) in [5.74, 6) is -0.372. The fourth-order valence-corrected chi connectivity index (χ4v) is 3.48. The smallest absolute Gasteiger partial charge is 0.256 e. The average Bonchev–Trinajstić information content (AvgIpc) is 2.68. The van der Waals surface area contributed by atoms with E-state index in [1.165, 1.54) is 5.56 Å². The minimum absolute atomic E-state index is 0.0398. The molecule has 2 N–H and O–H groups in total. The SMILES string of the molecule is CC(C)(C)c1ccc(C(=O)Nc2cccc(NC(=O)c3ccccc3I)c2)cc1. The van der Waals surface area contributed by atoms with E-state index in [9.17, 15) is 9.59 Å². The summed E-state index contributed by atoms with van der Waals surface area (Å²) in [5.41, 5.74) is 3.66. The van der Waals surface area contributed by atoms with Crippen molar-refractivity contribution in [3.63, 3.8) is 0 Å². The van der Waals surface area contributed by atoms with Crippen LogP contribution in [0.2, 0.25) is 0 Å². The zero-order chi connectivity index (χ0) is 21.0. The molecule has 4 nitrogen and oxygen atoms in total. The first-order valence-electron chi connectivity index (χ1n) is 9.32. The van der Waals surface area contributed by atoms with Crippen molar-refractivity contribution in [1.29, 1.82) is 0 Å². The highest BCUT2D eigenvalue weighted by Crippen LogP contribution is 2.23. The number of amides is 2. The molecule has 0 heterocycles. The van der Waals surface area contributed by atoms with Crippen LogP contribution in [0.15, 0.2) is 72.8 Å². The number of carbonyl (C=O) groups is 2. The minimum atomic E-state index is -0.188. The largest absolute Gasteiger partial charge is 0.322 e. The Bertz CT molecular complexity index is 1040. The first kappa shape index (κ1) is 21.0. The summed E-state index contributed by atoms with van der Waals surface area (Å²) in [7, 11) is 0. The van der Waals surface area contributed by atoms with E-state index in [1.807, 2.05) is 42.5 Å². The summed E-state index contributed by atoms with van der Waals surface area (Å²) in [6.45, 7) is 6.41. The topological polar surface area (TPSA) is 58.2 Å². The summed E-state index contributed by atoms with van der Waals surface area (Å²) >= 11 is 2.14. The van der Waals surface area contributed by atoms with Gasteiger partial charge in [0.15, 0.2) is 0 Å². The Balaban J connectivity index is 1.70. The molecule has 2 amide bonds. The summed E-state index contributed by atoms with van der Waals surface area (Å²) in [4.78, 5) is 25.1. The number of halogens is 1. The standard InChI is InChI=1S/C24H23IN2O2/c1-24(2,3)17-13-11-16(12-14-17)22(28)26-18-7-6-8-19(15-18)27-23(29)20-9-4-5-10-21(20)25/h4-15H,1-3H3,(H,26,28)(H,27,29). The Hall–Kier alpha value is -2.67. The van der Waals surface area contributed by atoms with Gasteiger partial charge >= 0.3 is 0 Å². The van der Waals surface area contributed by atoms with E-state index < -0.39 is 0 Å². The lowest BCUT2D eigenvalue weighted by Crippen LogP contribution is -2.15. The molecule has 0 atom stereocenters. The summed E-state index contributed by atoms with van der Waals surface area (Å²) in [6.07, 6.45) is 0. The Kier molecular flexibility index (Phi) is 6.37. The van der Waals surface area contributed by atoms with E-state index in [-0.39, 0.29) is 17.2 Å². The van der Waals surface area contributed by atoms with Gasteiger partial charge in [0, 0.05) is 20.5 Å². The average molecular weight is 498 g/mol. The predicted octanol–water partition coefficient (Wildman–Crippen LogP) is 6.09. The maximum atomic E-state index is 12.6. The van der Waals surface area contributed by atoms with Crippen molar-refractivity contribution in [1.82, 2.24) is 0 Å². The molecule has 0 aliphatic heterocycles. The van der Waals surface area contributed by atoms with Crippen LogP contribution in [-0.2, 0) is 5.41 Å². The van der Waals surface area contributed by atoms with Crippen LogP contribution in [0.1, 0.15) is 47.1 Å². The predicted molar refractivity (Wildman–Crippen MR) is 127 cm³/mol. The first-order chi connectivity index (χ1) is 13.7. The zero-order valence-corrected chi connectivity index (χ0v) is 18.8. The van der Waals surface area contributed by atoms with Crippen molar-refractivity contribution in [2.75, 3.05) is 10.6 Å². The van der Waals surface area contributed by atoms with Gasteiger partial charge in [-0.15, -0.1) is 0 Å². The molecule has 0 unspecified atom stereocenters. The normalized spacial score (nSPS) is 11.0. The van der Waals surface area contributed by atoms with Gasteiger partial charge in [0.2, 0.25) is 0 Å². The van der Waals surface area contributed by atoms with Crippen LogP contribution in [0.3, 0.4) is 0 Å². The van der Waals surface area contributed by atoms with Crippen molar-refractivity contribution in [2.24, 2.45) is 0 Å². The van der Waals surface area contributed by atoms with Crippen LogP contribution < -0.4 is 10.6 Å². The number of benzene rings is 3. The summed E-state index contributed by atoms with van der Waals surface area (Å²) in [5, 5.41) is 5.77. The fourth-order valence-electron chi connectivity index (χ4n) is 2.84. The van der Waals surface area contributed by atoms with Crippen molar-refractivity contribution in [3.05, 3.63) is 93.1 Å². The molecular formula is C24H23IN2O2. The molecule has 3 rings (SSSR count). The van der Waals surface area contributed by atoms with E-state index in [1.54, 1.807) is 30.3 Å². The lowest BCUT2D eigenvalue weighted by atomic mass is 9.87. The number of nitrogens with one attached hydrogen (secondary N) is 2. The lowest BCUT2D eigenvalue weighted by molar-refractivity contribution is 0.101. The van der Waals surface area contributed by atoms with Crippen LogP contribution in [0.25, 0.3) is 0 Å². The Morgan fingerprint density at radius 2 is 1.34 bits per heavy atom. The monoisotopic (exact) mass is 498 g/mol. The van der Waals surface area contributed by atoms with Crippen molar-refractivity contribution < 1.29 is 9.59 Å². The highest BCUT2D eigenvalue weighted by Gasteiger charge is 2.15. The van der Waals surface area contributed by atoms with Crippen molar-refractivity contribution in [2.45, 2.75) is 26.2 Å². The van der Waals surface area contributed by atoms with Gasteiger partial charge in [-0.3, -0.25) is 9.59 Å². The van der Waals surface area contributed by atoms with Gasteiger partial charge in [-0.1, -0.05) is 51.1 Å². The zero-order valence-electron chi connectivity index (χ0n) is 16.6. The van der Waals surface area contributed by atoms with E-state index in [0.29, 0.717) is 22.5 Å². The summed E-state index contributed by atoms with van der Waals surface area (Å²) < 4.78 is 0.880. The van der Waals surface area contributed by atoms with Crippen LogP contribution in [-0.4, -0.2) is 11.8 Å². The number of hydrogen-bond donors (Lipinski definition) is 2. The Morgan fingerprint density at radius 1 is 0.759 bits per heavy atom. The number of rotatable bonds is 4. The molecule has 0 radical (unpaired) electrons. The molecule has 0 aliphatic carbocycles. The Labute approximate surface area is 184 Å². The van der Waals surface area contributed by atoms with Gasteiger partial charge in [0.25, 0.3) is 11.8 Å². The lowest BCUT2D eigenvalue weighted by Gasteiger charge is -2.19. The second-order valence-electron chi connectivity index (χ2n) is 7.80. The molecule has 0 fully saturated rings. The van der Waals surface area contributed by atoms with Crippen LogP contribution in [0.5, 0.6) is 0 Å². The molecule has 148 valence electrons. The second kappa shape index (κ2) is 8.78. The molecule has 0 aliphatic rings. The first-order valence-corrected chi connectivity index (χ1v) is 10.4. The quantitative estimate of drug-likeness (QED) is 0.428. The van der Waals surface area contributed by atoms with Gasteiger partial charge in [0.05, 0.1) is 5.56 Å². The molecule has 29 heavy (non-hydrogen) atoms. The van der Waals surface area contributed by atoms with Gasteiger partial charge in [-0.2, -0.15) is 0 Å². The van der Waals surface area contributed by atoms with E-state index in [0.717, 1.165) is 3.57 Å². The second-order valence-corrected chi connectivity index (χ2v) is 8.96. The molecule has 0 bridgehead atoms. The molecule has 0 aromatic heterocycles. The third-order valence-electron chi connectivity index (χ3n) is 4.51. The van der Waals surface area contributed by atoms with Crippen LogP contribution >= 0.6 is 22.6 Å². The van der Waals surface area contributed by atoms with Crippen LogP contribution in [0.4, 0.5) is 11.4 Å². The third kappa shape index (κ3) is 5.44. The minimum Gasteiger partial charge on any atom is -0.322 e. The van der Waals surface area contributed by atoms with Gasteiger partial charge in [0.1, 0.15) is 0 Å². The number of anilines is 2. The highest BCUT2D eigenvalue weighted by atomic mass is 127. The van der Waals surface area contributed by atoms with E-state index in [4.69, 9.17) is 0 Å². The maximum Gasteiger partial charge on any atom is 0.256 e. The molecule has 0 spiro atoms. The maximum absolute atomic E-state index is 12.6. The number of hydrogen-bond acceptors (Lipinski definition) is 2. The molecule has 0 saturated heterocycles. The molecule has 3 aromatic carbocycles. The van der Waals surface area contributed by atoms with Crippen molar-refractivity contribution >= 4 is 45.8 Å². The fraction of sp³-hybridized carbons (Fsp3) is 0.167. The van der Waals surface area contributed by atoms with E-state index >= 15 is 0 Å². The molecule has 3 aromatic rings. The highest BCUT2D eigenvalue weighted by molar-refractivity contribution is 14.1. The van der Waals surface area contributed by atoms with Crippen LogP contribution in [0, 0.1) is 3.57 Å². The van der Waals surface area contributed by atoms with Gasteiger partial charge in [-0.05, 0) is 76.0 Å². The van der Waals surface area contributed by atoms with Gasteiger partial charge < -0.3 is 10.6 Å². The number of carbonyl (C=O) groups excluding carboxylic acids is 2. The third-order valence-corrected chi connectivity index (χ3v) is 5.45. The Morgan fingerprint density at radius 3 is 1.93 bits per heavy atom. The summed E-state index contributed by atoms with van der Waals surface area (Å²) in [6, 6.07) is 22.1. The molecule has 0 saturated carbocycles. The molecular weight excluding hydrogens is 475 g/mol. The van der Waals surface area contributed by atoms with Crippen molar-refractivity contribution in [3.8, 4) is 0 Å². The van der Waals surface area contributed by atoms with Gasteiger partial charge in [-0.25, -0.2) is 0 Å². The molecule has 5 heteroatoms. The van der Waals surface area contributed by atoms with E-state index in [2.05, 4.69) is 54.0 Å².